The molecule has 3 amide bonds. The van der Waals surface area contributed by atoms with Gasteiger partial charge in [-0.25, -0.2) is 13.9 Å². The first-order valence-corrected chi connectivity index (χ1v) is 19.9. The Bertz CT molecular complexity index is 1830. The average molecular weight is 741 g/mol. The van der Waals surface area contributed by atoms with Gasteiger partial charge in [0.15, 0.2) is 5.78 Å². The molecule has 52 heavy (non-hydrogen) atoms. The molecule has 3 heterocycles. The van der Waals surface area contributed by atoms with E-state index in [9.17, 15) is 27.6 Å². The summed E-state index contributed by atoms with van der Waals surface area (Å²) >= 11 is 0. The lowest BCUT2D eigenvalue weighted by Crippen LogP contribution is -2.49. The molecular formula is C38H52N4O9S. The Morgan fingerprint density at radius 2 is 1.81 bits per heavy atom. The van der Waals surface area contributed by atoms with E-state index in [1.807, 2.05) is 45.9 Å². The minimum Gasteiger partial charge on any atom is -0.497 e. The van der Waals surface area contributed by atoms with E-state index in [2.05, 4.69) is 9.71 Å². The van der Waals surface area contributed by atoms with Crippen molar-refractivity contribution in [2.24, 2.45) is 22.7 Å². The summed E-state index contributed by atoms with van der Waals surface area (Å²) in [5.41, 5.74) is -2.67. The number of Topliss-reactive ketones (excluding diaryl/α,β-unsaturated/α-hetero) is 1. The predicted molar refractivity (Wildman–Crippen MR) is 192 cm³/mol. The molecular weight excluding hydrogens is 689 g/mol. The topological polar surface area (TPSA) is 162 Å². The standard InChI is InChI=1S/C38H52N4O9S/c1-7-25-21-38(25,35(46)40-52(47,48)51-37(5)13-14-37)22-31(43)30-19-27(50-33-28-11-10-26(49-6)18-24(28)12-15-39-33)23-42(30)34(45)29(36(2,3)4)20-32(44)41-16-8-9-17-41/h10-12,15,18,25,27,29-30H,7-9,13-14,16-17,19-23H2,1-6H3,(H,40,46)/t25-,27-,29-,30+,38-/m1/s1. The first kappa shape index (κ1) is 38.0. The number of amides is 3. The summed E-state index contributed by atoms with van der Waals surface area (Å²) in [5, 5.41) is 1.58. The molecule has 2 aliphatic heterocycles. The molecule has 0 radical (unpaired) electrons. The van der Waals surface area contributed by atoms with E-state index >= 15 is 0 Å². The number of benzene rings is 1. The van der Waals surface area contributed by atoms with E-state index in [4.69, 9.17) is 13.7 Å². The van der Waals surface area contributed by atoms with Gasteiger partial charge in [-0.2, -0.15) is 8.42 Å². The Balaban J connectivity index is 1.27. The summed E-state index contributed by atoms with van der Waals surface area (Å²) in [7, 11) is -2.80. The number of likely N-dealkylation sites (tertiary alicyclic amines) is 2. The first-order valence-electron chi connectivity index (χ1n) is 18.5. The van der Waals surface area contributed by atoms with E-state index in [0.717, 1.165) is 23.6 Å². The number of carbonyl (C=O) groups is 4. The van der Waals surface area contributed by atoms with Crippen LogP contribution >= 0.6 is 0 Å². The van der Waals surface area contributed by atoms with Crippen molar-refractivity contribution >= 4 is 44.6 Å². The second-order valence-corrected chi connectivity index (χ2v) is 17.7. The fourth-order valence-electron chi connectivity index (χ4n) is 7.85. The van der Waals surface area contributed by atoms with Crippen molar-refractivity contribution in [2.75, 3.05) is 26.7 Å². The molecule has 1 aromatic heterocycles. The molecule has 2 saturated heterocycles. The highest BCUT2D eigenvalue weighted by molar-refractivity contribution is 7.85. The zero-order valence-electron chi connectivity index (χ0n) is 31.1. The van der Waals surface area contributed by atoms with E-state index in [1.165, 1.54) is 4.90 Å². The van der Waals surface area contributed by atoms with Crippen LogP contribution in [0.15, 0.2) is 30.5 Å². The SMILES string of the molecule is CC[C@@H]1C[C@]1(CC(=O)[C@@H]1C[C@@H](Oc2nccc3cc(OC)ccc23)CN1C(=O)[C@@H](CC(=O)N1CCCC1)C(C)(C)C)C(=O)NS(=O)(=O)OC1(C)CC1. The fourth-order valence-corrected chi connectivity index (χ4v) is 9.02. The lowest BCUT2D eigenvalue weighted by Gasteiger charge is -2.35. The first-order chi connectivity index (χ1) is 24.5. The van der Waals surface area contributed by atoms with Crippen molar-refractivity contribution in [1.82, 2.24) is 19.5 Å². The third-order valence-electron chi connectivity index (χ3n) is 11.5. The summed E-state index contributed by atoms with van der Waals surface area (Å²) in [6.45, 7) is 10.7. The fraction of sp³-hybridized carbons (Fsp3) is 0.658. The van der Waals surface area contributed by atoms with E-state index < -0.39 is 50.7 Å². The third-order valence-corrected chi connectivity index (χ3v) is 12.5. The van der Waals surface area contributed by atoms with E-state index in [0.29, 0.717) is 50.4 Å². The van der Waals surface area contributed by atoms with Crippen molar-refractivity contribution in [1.29, 1.82) is 0 Å². The van der Waals surface area contributed by atoms with Gasteiger partial charge < -0.3 is 19.3 Å². The summed E-state index contributed by atoms with van der Waals surface area (Å²) in [4.78, 5) is 64.0. The maximum atomic E-state index is 14.6. The lowest BCUT2D eigenvalue weighted by atomic mass is 9.77. The summed E-state index contributed by atoms with van der Waals surface area (Å²) in [5.74, 6) is -1.43. The number of methoxy groups -OCH3 is 1. The molecule has 1 N–H and O–H groups in total. The third kappa shape index (κ3) is 8.07. The number of hydrogen-bond donors (Lipinski definition) is 1. The Morgan fingerprint density at radius 1 is 1.10 bits per heavy atom. The lowest BCUT2D eigenvalue weighted by molar-refractivity contribution is -0.148. The molecule has 2 saturated carbocycles. The molecule has 4 fully saturated rings. The van der Waals surface area contributed by atoms with Gasteiger partial charge in [0.1, 0.15) is 11.9 Å². The number of pyridine rings is 1. The minimum atomic E-state index is -4.39. The van der Waals surface area contributed by atoms with Crippen molar-refractivity contribution in [3.63, 3.8) is 0 Å². The van der Waals surface area contributed by atoms with Gasteiger partial charge in [0.05, 0.1) is 36.6 Å². The minimum absolute atomic E-state index is 0.0129. The van der Waals surface area contributed by atoms with Crippen LogP contribution in [0.5, 0.6) is 11.6 Å². The highest BCUT2D eigenvalue weighted by Gasteiger charge is 2.62. The highest BCUT2D eigenvalue weighted by Crippen LogP contribution is 2.58. The van der Waals surface area contributed by atoms with Crippen molar-refractivity contribution in [3.05, 3.63) is 30.5 Å². The molecule has 284 valence electrons. The zero-order valence-corrected chi connectivity index (χ0v) is 31.9. The van der Waals surface area contributed by atoms with Crippen LogP contribution in [0.1, 0.15) is 92.4 Å². The van der Waals surface area contributed by atoms with Crippen LogP contribution in [0.4, 0.5) is 0 Å². The molecule has 14 heteroatoms. The number of carbonyl (C=O) groups excluding carboxylic acids is 4. The molecule has 5 atom stereocenters. The number of nitrogens with zero attached hydrogens (tertiary/aromatic N) is 3. The smallest absolute Gasteiger partial charge is 0.362 e. The van der Waals surface area contributed by atoms with Crippen LogP contribution in [0.2, 0.25) is 0 Å². The summed E-state index contributed by atoms with van der Waals surface area (Å²) in [6.07, 6.45) is 4.82. The number of hydrogen-bond acceptors (Lipinski definition) is 10. The number of ketones is 1. The van der Waals surface area contributed by atoms with Crippen molar-refractivity contribution in [2.45, 2.75) is 110 Å². The molecule has 2 aromatic rings. The number of aromatic nitrogens is 1. The zero-order chi connectivity index (χ0) is 37.6. The van der Waals surface area contributed by atoms with Crippen LogP contribution in [0.25, 0.3) is 10.8 Å². The number of rotatable bonds is 14. The quantitative estimate of drug-likeness (QED) is 0.291. The average Bonchev–Trinajstić information content (AvgIpc) is 3.79. The van der Waals surface area contributed by atoms with Crippen LogP contribution in [0.3, 0.4) is 0 Å². The summed E-state index contributed by atoms with van der Waals surface area (Å²) < 4.78 is 44.8. The Labute approximate surface area is 306 Å². The van der Waals surface area contributed by atoms with Crippen molar-refractivity contribution < 1.29 is 41.3 Å². The maximum absolute atomic E-state index is 14.6. The van der Waals surface area contributed by atoms with Crippen LogP contribution in [-0.4, -0.2) is 91.2 Å². The molecule has 2 aliphatic carbocycles. The maximum Gasteiger partial charge on any atom is 0.362 e. The molecule has 1 aromatic carbocycles. The van der Waals surface area contributed by atoms with E-state index in [1.54, 1.807) is 31.2 Å². The normalized spacial score (nSPS) is 25.8. The Kier molecular flexibility index (Phi) is 10.4. The van der Waals surface area contributed by atoms with Gasteiger partial charge in [-0.3, -0.25) is 19.2 Å². The highest BCUT2D eigenvalue weighted by atomic mass is 32.2. The Hall–Kier alpha value is -3.78. The number of fused-ring (bicyclic) bond motifs is 1. The van der Waals surface area contributed by atoms with Crippen LogP contribution < -0.4 is 14.2 Å². The van der Waals surface area contributed by atoms with Gasteiger partial charge in [0.25, 0.3) is 0 Å². The van der Waals surface area contributed by atoms with Gasteiger partial charge in [-0.1, -0.05) is 34.1 Å². The van der Waals surface area contributed by atoms with Gasteiger partial charge >= 0.3 is 10.3 Å². The predicted octanol–water partition coefficient (Wildman–Crippen LogP) is 4.57. The molecule has 13 nitrogen and oxygen atoms in total. The van der Waals surface area contributed by atoms with Crippen molar-refractivity contribution in [3.8, 4) is 11.6 Å². The second-order valence-electron chi connectivity index (χ2n) is 16.4. The summed E-state index contributed by atoms with van der Waals surface area (Å²) in [6, 6.07) is 6.40. The van der Waals surface area contributed by atoms with Crippen LogP contribution in [0, 0.1) is 22.7 Å². The number of nitrogens with one attached hydrogen (secondary N) is 1. The van der Waals surface area contributed by atoms with Gasteiger partial charge in [0, 0.05) is 43.9 Å². The molecule has 0 bridgehead atoms. The number of ether oxygens (including phenoxy) is 2. The molecule has 0 unspecified atom stereocenters. The van der Waals surface area contributed by atoms with Gasteiger partial charge in [-0.05, 0) is 80.0 Å². The van der Waals surface area contributed by atoms with Gasteiger partial charge in [-0.15, -0.1) is 0 Å². The van der Waals surface area contributed by atoms with Gasteiger partial charge in [0.2, 0.25) is 23.6 Å². The van der Waals surface area contributed by atoms with Crippen LogP contribution in [-0.2, 0) is 33.7 Å². The molecule has 4 aliphatic rings. The second kappa shape index (κ2) is 14.2. The molecule has 0 spiro atoms. The largest absolute Gasteiger partial charge is 0.497 e. The molecule has 6 rings (SSSR count). The monoisotopic (exact) mass is 740 g/mol. The van der Waals surface area contributed by atoms with E-state index in [-0.39, 0.29) is 49.3 Å². The Morgan fingerprint density at radius 3 is 2.42 bits per heavy atom.